The van der Waals surface area contributed by atoms with Crippen molar-refractivity contribution in [3.63, 3.8) is 0 Å². The van der Waals surface area contributed by atoms with Gasteiger partial charge in [-0.3, -0.25) is 4.79 Å². The van der Waals surface area contributed by atoms with Crippen LogP contribution in [0.4, 0.5) is 0 Å². The van der Waals surface area contributed by atoms with Crippen LogP contribution >= 0.6 is 0 Å². The van der Waals surface area contributed by atoms with Crippen LogP contribution < -0.4 is 0 Å². The van der Waals surface area contributed by atoms with Crippen LogP contribution in [-0.2, 0) is 19.1 Å². The molecule has 2 aliphatic rings. The molecule has 2 rings (SSSR count). The van der Waals surface area contributed by atoms with E-state index in [1.165, 1.54) is 6.08 Å². The van der Waals surface area contributed by atoms with Crippen molar-refractivity contribution in [2.45, 2.75) is 38.1 Å². The summed E-state index contributed by atoms with van der Waals surface area (Å²) in [4.78, 5) is 23.7. The number of hydrogen-bond donors (Lipinski definition) is 2. The largest absolute Gasteiger partial charge is 0.463 e. The quantitative estimate of drug-likeness (QED) is 0.305. The van der Waals surface area contributed by atoms with Crippen LogP contribution in [0.3, 0.4) is 0 Å². The van der Waals surface area contributed by atoms with E-state index in [9.17, 15) is 14.7 Å². The lowest BCUT2D eigenvalue weighted by molar-refractivity contribution is -0.160. The Bertz CT molecular complexity index is 429. The number of carbonyl (C=O) groups excluding carboxylic acids is 2. The molecule has 6 heteroatoms. The minimum absolute atomic E-state index is 0.0535. The van der Waals surface area contributed by atoms with Gasteiger partial charge < -0.3 is 19.7 Å². The molecule has 0 aromatic rings. The Morgan fingerprint density at radius 3 is 2.68 bits per heavy atom. The van der Waals surface area contributed by atoms with Crippen molar-refractivity contribution in [1.29, 1.82) is 0 Å². The van der Waals surface area contributed by atoms with Crippen molar-refractivity contribution >= 4 is 11.8 Å². The van der Waals surface area contributed by atoms with Crippen molar-refractivity contribution < 1.29 is 29.3 Å². The van der Waals surface area contributed by atoms with E-state index in [0.29, 0.717) is 6.42 Å². The lowest BCUT2D eigenvalue weighted by atomic mass is 9.85. The number of carbonyl (C=O) groups is 2. The molecule has 0 amide bonds. The Labute approximate surface area is 111 Å². The second-order valence-electron chi connectivity index (χ2n) is 4.94. The number of esters is 1. The average Bonchev–Trinajstić information content (AvgIpc) is 3.04. The number of rotatable bonds is 5. The van der Waals surface area contributed by atoms with Crippen molar-refractivity contribution in [2.24, 2.45) is 5.92 Å². The van der Waals surface area contributed by atoms with Crippen LogP contribution in [0.15, 0.2) is 11.6 Å². The SMILES string of the molecule is CC/C(=C\C(=O)[C@@]1(O)C(=O)OC[C@@H]1CO)C1OC1C. The van der Waals surface area contributed by atoms with E-state index in [4.69, 9.17) is 9.84 Å². The highest BCUT2D eigenvalue weighted by Crippen LogP contribution is 2.33. The molecule has 0 aromatic heterocycles. The maximum Gasteiger partial charge on any atom is 0.346 e. The summed E-state index contributed by atoms with van der Waals surface area (Å²) in [5.41, 5.74) is -1.53. The summed E-state index contributed by atoms with van der Waals surface area (Å²) < 4.78 is 9.95. The van der Waals surface area contributed by atoms with E-state index in [2.05, 4.69) is 4.74 Å². The van der Waals surface area contributed by atoms with E-state index >= 15 is 0 Å². The topological polar surface area (TPSA) is 96.4 Å². The van der Waals surface area contributed by atoms with Gasteiger partial charge in [0.25, 0.3) is 0 Å². The van der Waals surface area contributed by atoms with Gasteiger partial charge in [0, 0.05) is 0 Å². The molecule has 2 saturated heterocycles. The molecule has 0 aromatic carbocycles. The van der Waals surface area contributed by atoms with Crippen LogP contribution in [0.25, 0.3) is 0 Å². The molecule has 0 radical (unpaired) electrons. The number of aliphatic hydroxyl groups is 2. The molecule has 0 spiro atoms. The standard InChI is InChI=1S/C13H18O6/c1-3-8(11-7(2)19-11)4-10(15)13(17)9(5-14)6-18-12(13)16/h4,7,9,11,14,17H,3,5-6H2,1-2H3/b8-4+/t7?,9-,11?,13+/m0/s1. The molecule has 2 fully saturated rings. The first-order valence-corrected chi connectivity index (χ1v) is 6.35. The number of cyclic esters (lactones) is 1. The zero-order valence-corrected chi connectivity index (χ0v) is 11.0. The highest BCUT2D eigenvalue weighted by Gasteiger charge is 2.56. The predicted octanol–water partition coefficient (Wildman–Crippen LogP) is -0.424. The fraction of sp³-hybridized carbons (Fsp3) is 0.692. The molecule has 2 aliphatic heterocycles. The number of ketones is 1. The summed E-state index contributed by atoms with van der Waals surface area (Å²) in [6.45, 7) is 3.12. The molecule has 2 unspecified atom stereocenters. The van der Waals surface area contributed by atoms with E-state index < -0.39 is 29.9 Å². The van der Waals surface area contributed by atoms with Gasteiger partial charge in [0.1, 0.15) is 12.7 Å². The highest BCUT2D eigenvalue weighted by atomic mass is 16.6. The fourth-order valence-corrected chi connectivity index (χ4v) is 2.30. The van der Waals surface area contributed by atoms with Crippen LogP contribution in [-0.4, -0.2) is 53.0 Å². The summed E-state index contributed by atoms with van der Waals surface area (Å²) in [6.07, 6.45) is 1.78. The monoisotopic (exact) mass is 270 g/mol. The first kappa shape index (κ1) is 14.2. The summed E-state index contributed by atoms with van der Waals surface area (Å²) in [5, 5.41) is 19.4. The first-order valence-electron chi connectivity index (χ1n) is 6.35. The molecule has 0 aliphatic carbocycles. The minimum atomic E-state index is -2.27. The molecule has 0 saturated carbocycles. The molecule has 106 valence electrons. The van der Waals surface area contributed by atoms with E-state index in [-0.39, 0.29) is 18.8 Å². The zero-order chi connectivity index (χ0) is 14.2. The predicted molar refractivity (Wildman–Crippen MR) is 64.2 cm³/mol. The van der Waals surface area contributed by atoms with Gasteiger partial charge in [0.05, 0.1) is 18.6 Å². The number of epoxide rings is 1. The van der Waals surface area contributed by atoms with Crippen molar-refractivity contribution in [3.8, 4) is 0 Å². The van der Waals surface area contributed by atoms with E-state index in [0.717, 1.165) is 5.57 Å². The molecule has 19 heavy (non-hydrogen) atoms. The number of ether oxygens (including phenoxy) is 2. The highest BCUT2D eigenvalue weighted by molar-refractivity contribution is 6.13. The van der Waals surface area contributed by atoms with E-state index in [1.54, 1.807) is 0 Å². The van der Waals surface area contributed by atoms with Gasteiger partial charge >= 0.3 is 5.97 Å². The lowest BCUT2D eigenvalue weighted by Crippen LogP contribution is -2.49. The second-order valence-corrected chi connectivity index (χ2v) is 4.94. The Morgan fingerprint density at radius 2 is 2.21 bits per heavy atom. The van der Waals surface area contributed by atoms with Crippen LogP contribution in [0.5, 0.6) is 0 Å². The molecule has 0 bridgehead atoms. The number of aliphatic hydroxyl groups excluding tert-OH is 1. The summed E-state index contributed by atoms with van der Waals surface area (Å²) in [7, 11) is 0. The Hall–Kier alpha value is -1.24. The van der Waals surface area contributed by atoms with Crippen molar-refractivity contribution in [1.82, 2.24) is 0 Å². The third-order valence-corrected chi connectivity index (χ3v) is 3.71. The second kappa shape index (κ2) is 5.03. The smallest absolute Gasteiger partial charge is 0.346 e. The molecule has 2 heterocycles. The molecular formula is C13H18O6. The van der Waals surface area contributed by atoms with Gasteiger partial charge in [-0.1, -0.05) is 6.92 Å². The summed E-state index contributed by atoms with van der Waals surface area (Å²) >= 11 is 0. The molecule has 4 atom stereocenters. The first-order chi connectivity index (χ1) is 8.94. The van der Waals surface area contributed by atoms with Crippen LogP contribution in [0.2, 0.25) is 0 Å². The van der Waals surface area contributed by atoms with Gasteiger partial charge in [0.15, 0.2) is 5.78 Å². The van der Waals surface area contributed by atoms with Crippen molar-refractivity contribution in [2.75, 3.05) is 13.2 Å². The van der Waals surface area contributed by atoms with Crippen LogP contribution in [0, 0.1) is 5.92 Å². The maximum absolute atomic E-state index is 12.2. The van der Waals surface area contributed by atoms with Crippen molar-refractivity contribution in [3.05, 3.63) is 11.6 Å². The molecule has 6 nitrogen and oxygen atoms in total. The Balaban J connectivity index is 2.22. The van der Waals surface area contributed by atoms with Gasteiger partial charge in [-0.25, -0.2) is 4.79 Å². The zero-order valence-electron chi connectivity index (χ0n) is 11.0. The van der Waals surface area contributed by atoms with Gasteiger partial charge in [-0.15, -0.1) is 0 Å². The molecular weight excluding hydrogens is 252 g/mol. The van der Waals surface area contributed by atoms with Gasteiger partial charge in [0.2, 0.25) is 5.60 Å². The third kappa shape index (κ3) is 2.31. The summed E-state index contributed by atoms with van der Waals surface area (Å²) in [5.74, 6) is -2.65. The van der Waals surface area contributed by atoms with Crippen LogP contribution in [0.1, 0.15) is 20.3 Å². The fourth-order valence-electron chi connectivity index (χ4n) is 2.30. The van der Waals surface area contributed by atoms with Gasteiger partial charge in [-0.2, -0.15) is 0 Å². The molecule has 2 N–H and O–H groups in total. The third-order valence-electron chi connectivity index (χ3n) is 3.71. The Morgan fingerprint density at radius 1 is 1.58 bits per heavy atom. The minimum Gasteiger partial charge on any atom is -0.463 e. The van der Waals surface area contributed by atoms with Gasteiger partial charge in [-0.05, 0) is 25.0 Å². The summed E-state index contributed by atoms with van der Waals surface area (Å²) in [6, 6.07) is 0. The maximum atomic E-state index is 12.2. The Kier molecular flexibility index (Phi) is 3.75. The lowest BCUT2D eigenvalue weighted by Gasteiger charge is -2.20. The average molecular weight is 270 g/mol. The normalized spacial score (nSPS) is 38.2. The number of hydrogen-bond acceptors (Lipinski definition) is 6. The van der Waals surface area contributed by atoms with E-state index in [1.807, 2.05) is 13.8 Å².